The minimum Gasteiger partial charge on any atom is -0.493 e. The van der Waals surface area contributed by atoms with Gasteiger partial charge in [0, 0.05) is 6.07 Å². The lowest BCUT2D eigenvalue weighted by Gasteiger charge is -2.12. The third kappa shape index (κ3) is 4.14. The van der Waals surface area contributed by atoms with Crippen molar-refractivity contribution in [2.45, 2.75) is 12.7 Å². The van der Waals surface area contributed by atoms with E-state index in [4.69, 9.17) is 9.47 Å². The Morgan fingerprint density at radius 2 is 1.73 bits per heavy atom. The molecule has 0 atom stereocenters. The van der Waals surface area contributed by atoms with E-state index in [1.807, 2.05) is 25.1 Å². The number of sulfonamides is 1. The second-order valence-corrected chi connectivity index (χ2v) is 6.64. The van der Waals surface area contributed by atoms with Gasteiger partial charge in [-0.25, -0.2) is 8.42 Å². The number of hydrogen-bond acceptors (Lipinski definition) is 4. The van der Waals surface area contributed by atoms with Gasteiger partial charge in [-0.2, -0.15) is 0 Å². The molecule has 6 heteroatoms. The Labute approximate surface area is 130 Å². The van der Waals surface area contributed by atoms with E-state index >= 15 is 0 Å². The largest absolute Gasteiger partial charge is 0.493 e. The molecule has 0 aliphatic heterocycles. The number of rotatable bonds is 6. The van der Waals surface area contributed by atoms with Gasteiger partial charge in [0.1, 0.15) is 0 Å². The van der Waals surface area contributed by atoms with Crippen LogP contribution in [0.5, 0.6) is 11.5 Å². The fourth-order valence-corrected chi connectivity index (χ4v) is 3.31. The lowest BCUT2D eigenvalue weighted by atomic mass is 10.2. The summed E-state index contributed by atoms with van der Waals surface area (Å²) in [4.78, 5) is 0. The molecule has 5 nitrogen and oxygen atoms in total. The zero-order chi connectivity index (χ0) is 16.2. The van der Waals surface area contributed by atoms with Gasteiger partial charge >= 0.3 is 0 Å². The fraction of sp³-hybridized carbons (Fsp3) is 0.250. The highest BCUT2D eigenvalue weighted by atomic mass is 32.2. The number of nitrogens with one attached hydrogen (secondary N) is 1. The molecule has 0 saturated heterocycles. The zero-order valence-electron chi connectivity index (χ0n) is 12.8. The Morgan fingerprint density at radius 3 is 2.36 bits per heavy atom. The van der Waals surface area contributed by atoms with Crippen molar-refractivity contribution in [1.29, 1.82) is 0 Å². The second-order valence-electron chi connectivity index (χ2n) is 4.92. The third-order valence-electron chi connectivity index (χ3n) is 3.10. The minimum absolute atomic E-state index is 0.0803. The van der Waals surface area contributed by atoms with Crippen LogP contribution in [0.15, 0.2) is 42.5 Å². The van der Waals surface area contributed by atoms with E-state index < -0.39 is 10.0 Å². The standard InChI is InChI=1S/C16H19NO4S/c1-12-5-4-6-13(9-12)11-22(18,19)17-14-7-8-15(20-2)16(10-14)21-3/h4-10,17H,11H2,1-3H3. The summed E-state index contributed by atoms with van der Waals surface area (Å²) in [6, 6.07) is 12.3. The zero-order valence-corrected chi connectivity index (χ0v) is 13.6. The van der Waals surface area contributed by atoms with Crippen molar-refractivity contribution in [2.75, 3.05) is 18.9 Å². The van der Waals surface area contributed by atoms with Crippen LogP contribution in [0.4, 0.5) is 5.69 Å². The van der Waals surface area contributed by atoms with Gasteiger partial charge in [-0.15, -0.1) is 0 Å². The summed E-state index contributed by atoms with van der Waals surface area (Å²) in [6.45, 7) is 1.93. The maximum Gasteiger partial charge on any atom is 0.236 e. The topological polar surface area (TPSA) is 64.6 Å². The van der Waals surface area contributed by atoms with Crippen LogP contribution < -0.4 is 14.2 Å². The normalized spacial score (nSPS) is 11.0. The fourth-order valence-electron chi connectivity index (χ4n) is 2.14. The molecule has 0 amide bonds. The van der Waals surface area contributed by atoms with E-state index in [2.05, 4.69) is 4.72 Å². The summed E-state index contributed by atoms with van der Waals surface area (Å²) in [5.74, 6) is 0.936. The lowest BCUT2D eigenvalue weighted by molar-refractivity contribution is 0.355. The summed E-state index contributed by atoms with van der Waals surface area (Å²) < 4.78 is 37.3. The molecule has 0 aliphatic carbocycles. The maximum absolute atomic E-state index is 12.3. The van der Waals surface area contributed by atoms with Crippen molar-refractivity contribution in [2.24, 2.45) is 0 Å². The quantitative estimate of drug-likeness (QED) is 0.888. The first-order valence-electron chi connectivity index (χ1n) is 6.71. The SMILES string of the molecule is COc1ccc(NS(=O)(=O)Cc2cccc(C)c2)cc1OC. The van der Waals surface area contributed by atoms with E-state index in [0.717, 1.165) is 11.1 Å². The molecule has 0 aromatic heterocycles. The van der Waals surface area contributed by atoms with Crippen LogP contribution in [-0.2, 0) is 15.8 Å². The molecular formula is C16H19NO4S. The lowest BCUT2D eigenvalue weighted by Crippen LogP contribution is -2.15. The summed E-state index contributed by atoms with van der Waals surface area (Å²) in [6.07, 6.45) is 0. The molecule has 22 heavy (non-hydrogen) atoms. The van der Waals surface area contributed by atoms with Crippen LogP contribution >= 0.6 is 0 Å². The highest BCUT2D eigenvalue weighted by Gasteiger charge is 2.13. The smallest absolute Gasteiger partial charge is 0.236 e. The number of hydrogen-bond donors (Lipinski definition) is 1. The Balaban J connectivity index is 2.18. The van der Waals surface area contributed by atoms with Crippen molar-refractivity contribution in [3.63, 3.8) is 0 Å². The molecule has 1 N–H and O–H groups in total. The van der Waals surface area contributed by atoms with Crippen molar-refractivity contribution >= 4 is 15.7 Å². The summed E-state index contributed by atoms with van der Waals surface area (Å²) in [5.41, 5.74) is 2.21. The monoisotopic (exact) mass is 321 g/mol. The predicted molar refractivity (Wildman–Crippen MR) is 87.0 cm³/mol. The Kier molecular flexibility index (Phi) is 4.92. The van der Waals surface area contributed by atoms with Crippen LogP contribution in [0, 0.1) is 6.92 Å². The molecule has 0 aliphatic rings. The van der Waals surface area contributed by atoms with Gasteiger partial charge in [-0.05, 0) is 24.6 Å². The first-order valence-corrected chi connectivity index (χ1v) is 8.37. The molecular weight excluding hydrogens is 302 g/mol. The van der Waals surface area contributed by atoms with Crippen molar-refractivity contribution in [3.8, 4) is 11.5 Å². The molecule has 2 aromatic rings. The number of benzene rings is 2. The number of anilines is 1. The third-order valence-corrected chi connectivity index (χ3v) is 4.36. The molecule has 0 fully saturated rings. The van der Waals surface area contributed by atoms with Gasteiger partial charge in [0.2, 0.25) is 10.0 Å². The van der Waals surface area contributed by atoms with Crippen LogP contribution in [0.1, 0.15) is 11.1 Å². The molecule has 0 unspecified atom stereocenters. The summed E-state index contributed by atoms with van der Waals surface area (Å²) in [7, 11) is -0.465. The van der Waals surface area contributed by atoms with Crippen molar-refractivity contribution in [3.05, 3.63) is 53.6 Å². The molecule has 0 bridgehead atoms. The van der Waals surface area contributed by atoms with Crippen molar-refractivity contribution < 1.29 is 17.9 Å². The highest BCUT2D eigenvalue weighted by molar-refractivity contribution is 7.91. The molecule has 118 valence electrons. The van der Waals surface area contributed by atoms with Gasteiger partial charge in [-0.1, -0.05) is 29.8 Å². The van der Waals surface area contributed by atoms with E-state index in [-0.39, 0.29) is 5.75 Å². The van der Waals surface area contributed by atoms with Crippen LogP contribution in [0.2, 0.25) is 0 Å². The highest BCUT2D eigenvalue weighted by Crippen LogP contribution is 2.30. The van der Waals surface area contributed by atoms with Gasteiger partial charge in [0.05, 0.1) is 25.7 Å². The Hall–Kier alpha value is -2.21. The summed E-state index contributed by atoms with van der Waals surface area (Å²) in [5, 5.41) is 0. The first-order chi connectivity index (χ1) is 10.4. The van der Waals surface area contributed by atoms with Gasteiger partial charge in [-0.3, -0.25) is 4.72 Å². The number of methoxy groups -OCH3 is 2. The second kappa shape index (κ2) is 6.70. The van der Waals surface area contributed by atoms with Crippen LogP contribution in [0.25, 0.3) is 0 Å². The first kappa shape index (κ1) is 16.2. The molecule has 0 radical (unpaired) electrons. The van der Waals surface area contributed by atoms with Gasteiger partial charge < -0.3 is 9.47 Å². The molecule has 0 spiro atoms. The van der Waals surface area contributed by atoms with E-state index in [0.29, 0.717) is 17.2 Å². The predicted octanol–water partition coefficient (Wildman–Crippen LogP) is 2.95. The average Bonchev–Trinajstić information content (AvgIpc) is 2.46. The van der Waals surface area contributed by atoms with E-state index in [1.54, 1.807) is 24.3 Å². The summed E-state index contributed by atoms with van der Waals surface area (Å²) >= 11 is 0. The van der Waals surface area contributed by atoms with Crippen molar-refractivity contribution in [1.82, 2.24) is 0 Å². The van der Waals surface area contributed by atoms with E-state index in [9.17, 15) is 8.42 Å². The van der Waals surface area contributed by atoms with Crippen LogP contribution in [-0.4, -0.2) is 22.6 Å². The van der Waals surface area contributed by atoms with Gasteiger partial charge in [0.15, 0.2) is 11.5 Å². The van der Waals surface area contributed by atoms with Crippen LogP contribution in [0.3, 0.4) is 0 Å². The molecule has 2 aromatic carbocycles. The molecule has 0 heterocycles. The maximum atomic E-state index is 12.3. The minimum atomic E-state index is -3.50. The number of aryl methyl sites for hydroxylation is 1. The molecule has 0 saturated carbocycles. The van der Waals surface area contributed by atoms with E-state index in [1.165, 1.54) is 14.2 Å². The van der Waals surface area contributed by atoms with Gasteiger partial charge in [0.25, 0.3) is 0 Å². The molecule has 2 rings (SSSR count). The Morgan fingerprint density at radius 1 is 1.00 bits per heavy atom. The Bertz CT molecular complexity index is 756. The number of ether oxygens (including phenoxy) is 2. The average molecular weight is 321 g/mol.